The molecule has 1 aliphatic heterocycles. The van der Waals surface area contributed by atoms with Gasteiger partial charge in [0.05, 0.1) is 10.8 Å². The van der Waals surface area contributed by atoms with E-state index in [1.54, 1.807) is 40.6 Å². The summed E-state index contributed by atoms with van der Waals surface area (Å²) in [4.78, 5) is 38.2. The van der Waals surface area contributed by atoms with Gasteiger partial charge in [0.15, 0.2) is 5.65 Å². The molecule has 150 valence electrons. The normalized spacial score (nSPS) is 19.7. The molecule has 1 amide bonds. The molecular weight excluding hydrogens is 384 g/mol. The Bertz CT molecular complexity index is 1080. The van der Waals surface area contributed by atoms with Crippen LogP contribution in [0, 0.1) is 0 Å². The molecule has 6 nitrogen and oxygen atoms in total. The van der Waals surface area contributed by atoms with Gasteiger partial charge in [0.25, 0.3) is 5.56 Å². The van der Waals surface area contributed by atoms with Crippen molar-refractivity contribution in [1.29, 1.82) is 0 Å². The summed E-state index contributed by atoms with van der Waals surface area (Å²) in [5.74, 6) is 0.282. The quantitative estimate of drug-likeness (QED) is 0.665. The van der Waals surface area contributed by atoms with Crippen LogP contribution in [-0.2, 0) is 10.2 Å². The number of rotatable bonds is 3. The number of carbonyl (C=O) groups excluding carboxylic acids is 1. The van der Waals surface area contributed by atoms with Gasteiger partial charge in [-0.3, -0.25) is 14.2 Å². The van der Waals surface area contributed by atoms with Crippen molar-refractivity contribution in [3.63, 3.8) is 0 Å². The molecular formula is C22H24N4O2S. The number of likely N-dealkylation sites (tertiary alicyclic amines) is 1. The number of carbonyl (C=O) groups is 1. The van der Waals surface area contributed by atoms with E-state index in [2.05, 4.69) is 21.4 Å². The van der Waals surface area contributed by atoms with E-state index in [1.807, 2.05) is 11.0 Å². The predicted molar refractivity (Wildman–Crippen MR) is 113 cm³/mol. The highest BCUT2D eigenvalue weighted by Crippen LogP contribution is 2.45. The molecule has 0 atom stereocenters. The highest BCUT2D eigenvalue weighted by atomic mass is 32.1. The number of nitrogens with zero attached hydrogens (tertiary/aromatic N) is 4. The number of fused-ring (bicyclic) bond motifs is 1. The van der Waals surface area contributed by atoms with E-state index in [-0.39, 0.29) is 22.9 Å². The molecule has 4 heterocycles. The van der Waals surface area contributed by atoms with Gasteiger partial charge >= 0.3 is 0 Å². The van der Waals surface area contributed by atoms with Gasteiger partial charge in [-0.15, -0.1) is 11.3 Å². The standard InChI is InChI=1S/C22H24N4O2S/c27-20-17-5-3-11-23-19(17)24-15-26(20)16-7-12-25(13-8-16)21(28)22(9-1-2-10-22)18-6-4-14-29-18/h3-6,11,14-16H,1-2,7-10,12-13H2. The lowest BCUT2D eigenvalue weighted by Crippen LogP contribution is -2.49. The first-order valence-corrected chi connectivity index (χ1v) is 11.2. The van der Waals surface area contributed by atoms with E-state index in [9.17, 15) is 9.59 Å². The summed E-state index contributed by atoms with van der Waals surface area (Å²) in [6.07, 6.45) is 8.96. The van der Waals surface area contributed by atoms with Gasteiger partial charge in [-0.25, -0.2) is 9.97 Å². The Hall–Kier alpha value is -2.54. The van der Waals surface area contributed by atoms with Crippen LogP contribution in [0.15, 0.2) is 47.0 Å². The minimum Gasteiger partial charge on any atom is -0.342 e. The van der Waals surface area contributed by atoms with Crippen molar-refractivity contribution in [3.8, 4) is 0 Å². The van der Waals surface area contributed by atoms with Crippen LogP contribution in [-0.4, -0.2) is 38.4 Å². The largest absolute Gasteiger partial charge is 0.342 e. The first kappa shape index (κ1) is 18.5. The van der Waals surface area contributed by atoms with Crippen LogP contribution in [0.3, 0.4) is 0 Å². The number of thiophene rings is 1. The molecule has 0 spiro atoms. The second-order valence-corrected chi connectivity index (χ2v) is 9.07. The van der Waals surface area contributed by atoms with Crippen molar-refractivity contribution in [2.24, 2.45) is 0 Å². The summed E-state index contributed by atoms with van der Waals surface area (Å²) in [5.41, 5.74) is 0.118. The minimum absolute atomic E-state index is 0.0428. The molecule has 0 radical (unpaired) electrons. The van der Waals surface area contributed by atoms with Crippen molar-refractivity contribution in [3.05, 3.63) is 57.4 Å². The number of amides is 1. The Kier molecular flexibility index (Phi) is 4.70. The SMILES string of the molecule is O=C(N1CCC(n2cnc3ncccc3c2=O)CC1)C1(c2cccs2)CCCC1. The van der Waals surface area contributed by atoms with Crippen LogP contribution in [0.2, 0.25) is 0 Å². The molecule has 1 saturated heterocycles. The molecule has 1 aliphatic carbocycles. The molecule has 2 aliphatic rings. The van der Waals surface area contributed by atoms with E-state index in [4.69, 9.17) is 0 Å². The lowest BCUT2D eigenvalue weighted by molar-refractivity contribution is -0.138. The second-order valence-electron chi connectivity index (χ2n) is 8.12. The number of hydrogen-bond acceptors (Lipinski definition) is 5. The van der Waals surface area contributed by atoms with Gasteiger partial charge in [0, 0.05) is 30.2 Å². The molecule has 0 unspecified atom stereocenters. The van der Waals surface area contributed by atoms with Crippen molar-refractivity contribution < 1.29 is 4.79 Å². The molecule has 7 heteroatoms. The van der Waals surface area contributed by atoms with Gasteiger partial charge in [0.1, 0.15) is 6.33 Å². The highest BCUT2D eigenvalue weighted by Gasteiger charge is 2.46. The zero-order valence-electron chi connectivity index (χ0n) is 16.3. The Labute approximate surface area is 173 Å². The van der Waals surface area contributed by atoms with Gasteiger partial charge in [-0.2, -0.15) is 0 Å². The fourth-order valence-electron chi connectivity index (χ4n) is 4.98. The van der Waals surface area contributed by atoms with Crippen LogP contribution in [0.4, 0.5) is 0 Å². The molecule has 0 bridgehead atoms. The van der Waals surface area contributed by atoms with Crippen molar-refractivity contribution in [2.75, 3.05) is 13.1 Å². The highest BCUT2D eigenvalue weighted by molar-refractivity contribution is 7.10. The summed E-state index contributed by atoms with van der Waals surface area (Å²) in [5, 5.41) is 2.62. The van der Waals surface area contributed by atoms with Crippen LogP contribution in [0.1, 0.15) is 49.4 Å². The van der Waals surface area contributed by atoms with Crippen molar-refractivity contribution >= 4 is 28.3 Å². The summed E-state index contributed by atoms with van der Waals surface area (Å²) < 4.78 is 1.73. The summed E-state index contributed by atoms with van der Waals surface area (Å²) in [6.45, 7) is 1.38. The maximum Gasteiger partial charge on any atom is 0.263 e. The maximum atomic E-state index is 13.5. The van der Waals surface area contributed by atoms with Crippen molar-refractivity contribution in [1.82, 2.24) is 19.4 Å². The smallest absolute Gasteiger partial charge is 0.263 e. The molecule has 0 aromatic carbocycles. The van der Waals surface area contributed by atoms with E-state index in [1.165, 1.54) is 4.88 Å². The minimum atomic E-state index is -0.325. The Morgan fingerprint density at radius 1 is 1.10 bits per heavy atom. The van der Waals surface area contributed by atoms with E-state index < -0.39 is 0 Å². The molecule has 5 rings (SSSR count). The Morgan fingerprint density at radius 2 is 1.90 bits per heavy atom. The topological polar surface area (TPSA) is 68.1 Å². The summed E-state index contributed by atoms with van der Waals surface area (Å²) >= 11 is 1.70. The molecule has 29 heavy (non-hydrogen) atoms. The number of piperidine rings is 1. The van der Waals surface area contributed by atoms with Crippen LogP contribution in [0.25, 0.3) is 11.0 Å². The van der Waals surface area contributed by atoms with Gasteiger partial charge in [-0.05, 0) is 49.3 Å². The predicted octanol–water partition coefficient (Wildman–Crippen LogP) is 3.53. The first-order chi connectivity index (χ1) is 14.2. The number of hydrogen-bond donors (Lipinski definition) is 0. The Balaban J connectivity index is 1.35. The maximum absolute atomic E-state index is 13.5. The fourth-order valence-corrected chi connectivity index (χ4v) is 5.96. The Morgan fingerprint density at radius 3 is 2.62 bits per heavy atom. The summed E-state index contributed by atoms with van der Waals surface area (Å²) in [7, 11) is 0. The average molecular weight is 409 g/mol. The van der Waals surface area contributed by atoms with Crippen LogP contribution in [0.5, 0.6) is 0 Å². The van der Waals surface area contributed by atoms with Crippen LogP contribution < -0.4 is 5.56 Å². The van der Waals surface area contributed by atoms with Gasteiger partial charge in [0.2, 0.25) is 5.91 Å². The lowest BCUT2D eigenvalue weighted by atomic mass is 9.82. The van der Waals surface area contributed by atoms with Gasteiger partial charge in [-0.1, -0.05) is 18.9 Å². The average Bonchev–Trinajstić information content (AvgIpc) is 3.47. The molecule has 3 aromatic rings. The third-order valence-electron chi connectivity index (χ3n) is 6.56. The van der Waals surface area contributed by atoms with E-state index in [0.29, 0.717) is 24.1 Å². The third kappa shape index (κ3) is 3.08. The number of pyridine rings is 1. The third-order valence-corrected chi connectivity index (χ3v) is 7.63. The summed E-state index contributed by atoms with van der Waals surface area (Å²) in [6, 6.07) is 7.79. The zero-order valence-corrected chi connectivity index (χ0v) is 17.1. The fraction of sp³-hybridized carbons (Fsp3) is 0.455. The second kappa shape index (κ2) is 7.37. The lowest BCUT2D eigenvalue weighted by Gasteiger charge is -2.38. The molecule has 3 aromatic heterocycles. The monoisotopic (exact) mass is 408 g/mol. The molecule has 0 N–H and O–H groups in total. The van der Waals surface area contributed by atoms with Crippen LogP contribution >= 0.6 is 11.3 Å². The van der Waals surface area contributed by atoms with E-state index in [0.717, 1.165) is 38.5 Å². The molecule has 1 saturated carbocycles. The van der Waals surface area contributed by atoms with Crippen molar-refractivity contribution in [2.45, 2.75) is 50.0 Å². The van der Waals surface area contributed by atoms with Gasteiger partial charge < -0.3 is 4.90 Å². The molecule has 2 fully saturated rings. The van der Waals surface area contributed by atoms with E-state index >= 15 is 0 Å². The number of aromatic nitrogens is 3. The zero-order chi connectivity index (χ0) is 19.8. The first-order valence-electron chi connectivity index (χ1n) is 10.3.